The molecule has 1 aliphatic heterocycles. The minimum Gasteiger partial charge on any atom is -0.487 e. The first-order valence-corrected chi connectivity index (χ1v) is 11.4. The third kappa shape index (κ3) is 4.92. The Balaban J connectivity index is 1.55. The zero-order valence-electron chi connectivity index (χ0n) is 14.7. The molecule has 2 heterocycles. The lowest BCUT2D eigenvalue weighted by molar-refractivity contribution is -0.130. The van der Waals surface area contributed by atoms with Gasteiger partial charge in [-0.05, 0) is 98.8 Å². The van der Waals surface area contributed by atoms with Gasteiger partial charge in [-0.1, -0.05) is 28.1 Å². The maximum atomic E-state index is 12.1. The van der Waals surface area contributed by atoms with Crippen molar-refractivity contribution in [2.75, 3.05) is 0 Å². The number of benzene rings is 2. The van der Waals surface area contributed by atoms with Crippen LogP contribution in [0, 0.1) is 7.14 Å². The quantitative estimate of drug-likeness (QED) is 0.184. The van der Waals surface area contributed by atoms with Crippen molar-refractivity contribution in [3.63, 3.8) is 0 Å². The summed E-state index contributed by atoms with van der Waals surface area (Å²) in [4.78, 5) is 16.4. The molecule has 29 heavy (non-hydrogen) atoms. The number of esters is 1. The molecular formula is C21H12BrI2NO4. The Hall–Kier alpha value is -1.66. The second kappa shape index (κ2) is 9.00. The predicted molar refractivity (Wildman–Crippen MR) is 130 cm³/mol. The summed E-state index contributed by atoms with van der Waals surface area (Å²) in [6.07, 6.45) is 3.20. The first kappa shape index (κ1) is 20.6. The van der Waals surface area contributed by atoms with Crippen LogP contribution < -0.4 is 4.74 Å². The SMILES string of the molecule is O=C1OC(c2ccco2)=N/C1=C\c1cc(I)c(OCc2cccc(Br)c2)c(I)c1. The molecule has 0 amide bonds. The number of halogens is 3. The van der Waals surface area contributed by atoms with Crippen LogP contribution in [-0.4, -0.2) is 11.9 Å². The molecule has 5 nitrogen and oxygen atoms in total. The molecule has 0 atom stereocenters. The number of cyclic esters (lactones) is 1. The Labute approximate surface area is 202 Å². The highest BCUT2D eigenvalue weighted by Crippen LogP contribution is 2.31. The summed E-state index contributed by atoms with van der Waals surface area (Å²) in [5.41, 5.74) is 2.14. The van der Waals surface area contributed by atoms with Crippen LogP contribution in [-0.2, 0) is 16.1 Å². The number of carbonyl (C=O) groups is 1. The monoisotopic (exact) mass is 675 g/mol. The van der Waals surface area contributed by atoms with Crippen LogP contribution in [0.1, 0.15) is 16.9 Å². The van der Waals surface area contributed by atoms with E-state index >= 15 is 0 Å². The van der Waals surface area contributed by atoms with E-state index < -0.39 is 5.97 Å². The minimum atomic E-state index is -0.503. The minimum absolute atomic E-state index is 0.171. The first-order valence-electron chi connectivity index (χ1n) is 8.42. The zero-order valence-corrected chi connectivity index (χ0v) is 20.6. The molecule has 0 saturated carbocycles. The lowest BCUT2D eigenvalue weighted by atomic mass is 10.2. The summed E-state index contributed by atoms with van der Waals surface area (Å²) < 4.78 is 19.4. The molecule has 1 aromatic heterocycles. The molecule has 0 saturated heterocycles. The number of carbonyl (C=O) groups excluding carboxylic acids is 1. The Morgan fingerprint density at radius 2 is 1.90 bits per heavy atom. The lowest BCUT2D eigenvalue weighted by Gasteiger charge is -2.12. The standard InChI is InChI=1S/C21H12BrI2NO4/c22-14-4-1-3-12(7-14)11-28-19-15(23)8-13(9-16(19)24)10-17-21(26)29-20(25-17)18-5-2-6-27-18/h1-10H,11H2/b17-10-. The molecule has 8 heteroatoms. The van der Waals surface area contributed by atoms with Crippen LogP contribution >= 0.6 is 61.1 Å². The fourth-order valence-corrected chi connectivity index (χ4v) is 5.23. The summed E-state index contributed by atoms with van der Waals surface area (Å²) in [7, 11) is 0. The molecular weight excluding hydrogens is 664 g/mol. The van der Waals surface area contributed by atoms with E-state index in [9.17, 15) is 4.79 Å². The highest BCUT2D eigenvalue weighted by atomic mass is 127. The third-order valence-corrected chi connectivity index (χ3v) is 6.04. The van der Waals surface area contributed by atoms with Crippen molar-refractivity contribution in [1.29, 1.82) is 0 Å². The molecule has 0 unspecified atom stereocenters. The van der Waals surface area contributed by atoms with Gasteiger partial charge in [0.15, 0.2) is 11.5 Å². The highest BCUT2D eigenvalue weighted by Gasteiger charge is 2.26. The second-order valence-electron chi connectivity index (χ2n) is 6.05. The molecule has 0 aliphatic carbocycles. The second-order valence-corrected chi connectivity index (χ2v) is 9.29. The van der Waals surface area contributed by atoms with Gasteiger partial charge in [-0.3, -0.25) is 0 Å². The number of hydrogen-bond acceptors (Lipinski definition) is 5. The van der Waals surface area contributed by atoms with E-state index in [4.69, 9.17) is 13.9 Å². The number of nitrogens with zero attached hydrogens (tertiary/aromatic N) is 1. The van der Waals surface area contributed by atoms with Crippen LogP contribution in [0.15, 0.2) is 74.4 Å². The Kier molecular flexibility index (Phi) is 6.40. The van der Waals surface area contributed by atoms with E-state index in [0.717, 1.165) is 28.5 Å². The van der Waals surface area contributed by atoms with Gasteiger partial charge >= 0.3 is 5.97 Å². The van der Waals surface area contributed by atoms with Crippen molar-refractivity contribution in [3.05, 3.63) is 89.0 Å². The fourth-order valence-electron chi connectivity index (χ4n) is 2.66. The molecule has 2 aromatic carbocycles. The maximum Gasteiger partial charge on any atom is 0.363 e. The van der Waals surface area contributed by atoms with Gasteiger partial charge in [-0.2, -0.15) is 0 Å². The van der Waals surface area contributed by atoms with Crippen molar-refractivity contribution in [3.8, 4) is 5.75 Å². The van der Waals surface area contributed by atoms with Crippen molar-refractivity contribution >= 4 is 79.1 Å². The average molecular weight is 676 g/mol. The molecule has 146 valence electrons. The van der Waals surface area contributed by atoms with Crippen molar-refractivity contribution in [2.45, 2.75) is 6.61 Å². The number of ether oxygens (including phenoxy) is 2. The van der Waals surface area contributed by atoms with Gasteiger partial charge in [0, 0.05) is 4.47 Å². The molecule has 0 fully saturated rings. The lowest BCUT2D eigenvalue weighted by Crippen LogP contribution is -2.04. The molecule has 3 aromatic rings. The Bertz CT molecular complexity index is 1120. The molecule has 0 N–H and O–H groups in total. The molecule has 0 spiro atoms. The number of furan rings is 1. The summed E-state index contributed by atoms with van der Waals surface area (Å²) >= 11 is 7.93. The Morgan fingerprint density at radius 1 is 1.10 bits per heavy atom. The van der Waals surface area contributed by atoms with Crippen LogP contribution in [0.4, 0.5) is 0 Å². The average Bonchev–Trinajstić information content (AvgIpc) is 3.32. The van der Waals surface area contributed by atoms with E-state index in [1.54, 1.807) is 18.2 Å². The van der Waals surface area contributed by atoms with Crippen LogP contribution in [0.5, 0.6) is 5.75 Å². The van der Waals surface area contributed by atoms with Gasteiger partial charge in [0.25, 0.3) is 5.90 Å². The normalized spacial score (nSPS) is 14.8. The van der Waals surface area contributed by atoms with E-state index in [1.165, 1.54) is 6.26 Å². The Morgan fingerprint density at radius 3 is 2.59 bits per heavy atom. The van der Waals surface area contributed by atoms with Crippen molar-refractivity contribution in [2.24, 2.45) is 4.99 Å². The van der Waals surface area contributed by atoms with Crippen LogP contribution in [0.25, 0.3) is 6.08 Å². The number of rotatable bonds is 5. The topological polar surface area (TPSA) is 61.0 Å². The molecule has 1 aliphatic rings. The first-order chi connectivity index (χ1) is 14.0. The third-order valence-electron chi connectivity index (χ3n) is 3.95. The van der Waals surface area contributed by atoms with Crippen LogP contribution in [0.2, 0.25) is 0 Å². The van der Waals surface area contributed by atoms with Gasteiger partial charge in [0.2, 0.25) is 0 Å². The maximum absolute atomic E-state index is 12.1. The smallest absolute Gasteiger partial charge is 0.363 e. The van der Waals surface area contributed by atoms with Gasteiger partial charge in [0.05, 0.1) is 13.4 Å². The van der Waals surface area contributed by atoms with Gasteiger partial charge in [-0.15, -0.1) is 0 Å². The fraction of sp³-hybridized carbons (Fsp3) is 0.0476. The van der Waals surface area contributed by atoms with E-state index in [2.05, 4.69) is 66.1 Å². The highest BCUT2D eigenvalue weighted by molar-refractivity contribution is 14.1. The van der Waals surface area contributed by atoms with Crippen LogP contribution in [0.3, 0.4) is 0 Å². The largest absolute Gasteiger partial charge is 0.487 e. The molecule has 0 radical (unpaired) electrons. The molecule has 4 rings (SSSR count). The van der Waals surface area contributed by atoms with E-state index in [1.807, 2.05) is 36.4 Å². The summed E-state index contributed by atoms with van der Waals surface area (Å²) in [5, 5.41) is 0. The summed E-state index contributed by atoms with van der Waals surface area (Å²) in [6, 6.07) is 15.3. The summed E-state index contributed by atoms with van der Waals surface area (Å²) in [6.45, 7) is 0.467. The van der Waals surface area contributed by atoms with E-state index in [-0.39, 0.29) is 11.6 Å². The summed E-state index contributed by atoms with van der Waals surface area (Å²) in [5.74, 6) is 0.894. The van der Waals surface area contributed by atoms with Gasteiger partial charge < -0.3 is 13.9 Å². The number of hydrogen-bond donors (Lipinski definition) is 0. The van der Waals surface area contributed by atoms with Gasteiger partial charge in [-0.25, -0.2) is 9.79 Å². The zero-order chi connectivity index (χ0) is 20.4. The van der Waals surface area contributed by atoms with Crippen molar-refractivity contribution < 1.29 is 18.7 Å². The van der Waals surface area contributed by atoms with Crippen molar-refractivity contribution in [1.82, 2.24) is 0 Å². The number of aliphatic imine (C=N–C) groups is 1. The predicted octanol–water partition coefficient (Wildman–Crippen LogP) is 6.17. The molecule has 0 bridgehead atoms. The van der Waals surface area contributed by atoms with E-state index in [0.29, 0.717) is 12.4 Å². The van der Waals surface area contributed by atoms with Gasteiger partial charge in [0.1, 0.15) is 12.4 Å².